The third-order valence-corrected chi connectivity index (χ3v) is 6.10. The van der Waals surface area contributed by atoms with Crippen molar-refractivity contribution in [2.75, 3.05) is 13.2 Å². The molecule has 1 aliphatic rings. The van der Waals surface area contributed by atoms with E-state index in [0.29, 0.717) is 12.8 Å². The van der Waals surface area contributed by atoms with Crippen LogP contribution in [0.15, 0.2) is 48.5 Å². The van der Waals surface area contributed by atoms with Gasteiger partial charge in [0.25, 0.3) is 0 Å². The van der Waals surface area contributed by atoms with Crippen LogP contribution in [0.1, 0.15) is 56.6 Å². The van der Waals surface area contributed by atoms with Gasteiger partial charge in [0, 0.05) is 18.5 Å². The Kier molecular flexibility index (Phi) is 8.46. The number of amides is 2. The number of carbonyl (C=O) groups is 3. The van der Waals surface area contributed by atoms with E-state index in [0.717, 1.165) is 28.7 Å². The minimum absolute atomic E-state index is 0.0285. The molecule has 0 radical (unpaired) electrons. The van der Waals surface area contributed by atoms with Crippen LogP contribution < -0.4 is 10.6 Å². The summed E-state index contributed by atoms with van der Waals surface area (Å²) in [5.41, 5.74) is 4.59. The van der Waals surface area contributed by atoms with Gasteiger partial charge in [-0.1, -0.05) is 68.8 Å². The predicted molar refractivity (Wildman–Crippen MR) is 126 cm³/mol. The molecular weight excluding hydrogens is 420 g/mol. The summed E-state index contributed by atoms with van der Waals surface area (Å²) in [5, 5.41) is 14.5. The number of rotatable bonds is 11. The Morgan fingerprint density at radius 3 is 2.15 bits per heavy atom. The molecule has 2 amide bonds. The van der Waals surface area contributed by atoms with Gasteiger partial charge in [0.05, 0.1) is 12.3 Å². The molecule has 0 spiro atoms. The van der Waals surface area contributed by atoms with Crippen LogP contribution in [-0.4, -0.2) is 42.3 Å². The number of hydrogen-bond acceptors (Lipinski definition) is 4. The maximum Gasteiger partial charge on any atom is 0.407 e. The van der Waals surface area contributed by atoms with E-state index < -0.39 is 24.0 Å². The van der Waals surface area contributed by atoms with Crippen molar-refractivity contribution in [1.29, 1.82) is 0 Å². The van der Waals surface area contributed by atoms with Gasteiger partial charge in [-0.3, -0.25) is 9.59 Å². The van der Waals surface area contributed by atoms with Gasteiger partial charge in [-0.25, -0.2) is 4.79 Å². The van der Waals surface area contributed by atoms with Crippen LogP contribution in [0.25, 0.3) is 11.1 Å². The van der Waals surface area contributed by atoms with Crippen LogP contribution >= 0.6 is 0 Å². The average molecular weight is 453 g/mol. The van der Waals surface area contributed by atoms with E-state index in [1.165, 1.54) is 0 Å². The number of hydrogen-bond donors (Lipinski definition) is 3. The molecule has 2 aromatic rings. The lowest BCUT2D eigenvalue weighted by Crippen LogP contribution is -2.43. The molecule has 7 nitrogen and oxygen atoms in total. The average Bonchev–Trinajstić information content (AvgIpc) is 3.11. The third-order valence-electron chi connectivity index (χ3n) is 6.10. The largest absolute Gasteiger partial charge is 0.481 e. The van der Waals surface area contributed by atoms with Crippen LogP contribution in [0.5, 0.6) is 0 Å². The molecule has 2 atom stereocenters. The minimum Gasteiger partial charge on any atom is -0.481 e. The zero-order valence-electron chi connectivity index (χ0n) is 19.2. The highest BCUT2D eigenvalue weighted by Crippen LogP contribution is 2.44. The molecule has 2 unspecified atom stereocenters. The molecule has 0 bridgehead atoms. The van der Waals surface area contributed by atoms with Crippen molar-refractivity contribution >= 4 is 18.0 Å². The standard InChI is InChI=1S/C26H32N2O5/c1-3-9-18(14-24(29)30)28-25(31)17(4-2)15-27-26(32)33-16-23-21-12-7-5-10-19(21)20-11-6-8-13-22(20)23/h5-8,10-13,17-18,23H,3-4,9,14-16H2,1-2H3,(H,27,32)(H,28,31)(H,29,30). The smallest absolute Gasteiger partial charge is 0.407 e. The van der Waals surface area contributed by atoms with Gasteiger partial charge in [0.1, 0.15) is 6.61 Å². The third kappa shape index (κ3) is 6.12. The summed E-state index contributed by atoms with van der Waals surface area (Å²) in [5.74, 6) is -1.69. The van der Waals surface area contributed by atoms with Gasteiger partial charge in [0.15, 0.2) is 0 Å². The van der Waals surface area contributed by atoms with Crippen molar-refractivity contribution in [1.82, 2.24) is 10.6 Å². The first-order valence-electron chi connectivity index (χ1n) is 11.6. The highest BCUT2D eigenvalue weighted by Gasteiger charge is 2.29. The highest BCUT2D eigenvalue weighted by atomic mass is 16.5. The molecule has 0 fully saturated rings. The molecule has 1 aliphatic carbocycles. The Balaban J connectivity index is 1.53. The zero-order valence-corrected chi connectivity index (χ0v) is 19.2. The van der Waals surface area contributed by atoms with Gasteiger partial charge >= 0.3 is 12.1 Å². The Labute approximate surface area is 194 Å². The van der Waals surface area contributed by atoms with Crippen LogP contribution in [0.3, 0.4) is 0 Å². The molecule has 7 heteroatoms. The Bertz CT molecular complexity index is 945. The van der Waals surface area contributed by atoms with E-state index >= 15 is 0 Å². The van der Waals surface area contributed by atoms with Crippen molar-refractivity contribution in [3.05, 3.63) is 59.7 Å². The lowest BCUT2D eigenvalue weighted by atomic mass is 9.98. The molecule has 0 saturated carbocycles. The minimum atomic E-state index is -0.946. The van der Waals surface area contributed by atoms with E-state index in [4.69, 9.17) is 9.84 Å². The summed E-state index contributed by atoms with van der Waals surface area (Å²) in [6.07, 6.45) is 1.19. The zero-order chi connectivity index (χ0) is 23.8. The molecule has 3 rings (SSSR count). The fraction of sp³-hybridized carbons (Fsp3) is 0.423. The summed E-state index contributed by atoms with van der Waals surface area (Å²) in [6, 6.07) is 15.8. The van der Waals surface area contributed by atoms with Gasteiger partial charge < -0.3 is 20.5 Å². The van der Waals surface area contributed by atoms with Gasteiger partial charge in [-0.2, -0.15) is 0 Å². The highest BCUT2D eigenvalue weighted by molar-refractivity contribution is 5.81. The molecule has 3 N–H and O–H groups in total. The second kappa shape index (κ2) is 11.5. The molecule has 0 heterocycles. The van der Waals surface area contributed by atoms with Crippen LogP contribution in [0.2, 0.25) is 0 Å². The van der Waals surface area contributed by atoms with Gasteiger partial charge in [-0.15, -0.1) is 0 Å². The molecular formula is C26H32N2O5. The van der Waals surface area contributed by atoms with E-state index in [1.807, 2.05) is 38.1 Å². The quantitative estimate of drug-likeness (QED) is 0.471. The van der Waals surface area contributed by atoms with Crippen LogP contribution in [-0.2, 0) is 14.3 Å². The second-order valence-corrected chi connectivity index (χ2v) is 8.40. The van der Waals surface area contributed by atoms with E-state index in [2.05, 4.69) is 34.9 Å². The number of carboxylic acid groups (broad SMARTS) is 1. The number of aliphatic carboxylic acids is 1. The first-order chi connectivity index (χ1) is 15.9. The lowest BCUT2D eigenvalue weighted by molar-refractivity contribution is -0.137. The second-order valence-electron chi connectivity index (χ2n) is 8.40. The maximum absolute atomic E-state index is 12.6. The number of nitrogens with one attached hydrogen (secondary N) is 2. The molecule has 0 aromatic heterocycles. The molecule has 0 aliphatic heterocycles. The van der Waals surface area contributed by atoms with E-state index in [1.54, 1.807) is 0 Å². The molecule has 176 valence electrons. The summed E-state index contributed by atoms with van der Waals surface area (Å²) in [4.78, 5) is 36.0. The first-order valence-corrected chi connectivity index (χ1v) is 11.6. The summed E-state index contributed by atoms with van der Waals surface area (Å²) in [6.45, 7) is 4.14. The number of alkyl carbamates (subject to hydrolysis) is 1. The van der Waals surface area contributed by atoms with Crippen molar-refractivity contribution in [2.45, 2.75) is 51.5 Å². The summed E-state index contributed by atoms with van der Waals surface area (Å²) >= 11 is 0. The number of carbonyl (C=O) groups excluding carboxylic acids is 2. The lowest BCUT2D eigenvalue weighted by Gasteiger charge is -2.21. The van der Waals surface area contributed by atoms with Crippen molar-refractivity contribution in [2.24, 2.45) is 5.92 Å². The number of benzene rings is 2. The molecule has 33 heavy (non-hydrogen) atoms. The van der Waals surface area contributed by atoms with Crippen molar-refractivity contribution in [3.8, 4) is 11.1 Å². The predicted octanol–water partition coefficient (Wildman–Crippen LogP) is 4.31. The number of fused-ring (bicyclic) bond motifs is 3. The number of carboxylic acids is 1. The fourth-order valence-electron chi connectivity index (χ4n) is 4.38. The monoisotopic (exact) mass is 452 g/mol. The first kappa shape index (κ1) is 24.3. The van der Waals surface area contributed by atoms with Gasteiger partial charge in [-0.05, 0) is 35.1 Å². The van der Waals surface area contributed by atoms with Crippen LogP contribution in [0.4, 0.5) is 4.79 Å². The van der Waals surface area contributed by atoms with Crippen LogP contribution in [0, 0.1) is 5.92 Å². The van der Waals surface area contributed by atoms with Gasteiger partial charge in [0.2, 0.25) is 5.91 Å². The Hall–Kier alpha value is -3.35. The molecule has 0 saturated heterocycles. The summed E-state index contributed by atoms with van der Waals surface area (Å²) in [7, 11) is 0. The fourth-order valence-corrected chi connectivity index (χ4v) is 4.38. The van der Waals surface area contributed by atoms with Crippen molar-refractivity contribution < 1.29 is 24.2 Å². The molecule has 2 aromatic carbocycles. The Morgan fingerprint density at radius 2 is 1.61 bits per heavy atom. The maximum atomic E-state index is 12.6. The number of ether oxygens (including phenoxy) is 1. The Morgan fingerprint density at radius 1 is 1.00 bits per heavy atom. The van der Waals surface area contributed by atoms with Crippen molar-refractivity contribution in [3.63, 3.8) is 0 Å². The summed E-state index contributed by atoms with van der Waals surface area (Å²) < 4.78 is 5.53. The normalized spacial score (nSPS) is 14.0. The topological polar surface area (TPSA) is 105 Å². The van der Waals surface area contributed by atoms with E-state index in [-0.39, 0.29) is 31.4 Å². The SMILES string of the molecule is CCCC(CC(=O)O)NC(=O)C(CC)CNC(=O)OCC1c2ccccc2-c2ccccc21. The van der Waals surface area contributed by atoms with E-state index in [9.17, 15) is 14.4 Å².